The number of rotatable bonds is 10. The number of amides is 1. The van der Waals surface area contributed by atoms with E-state index in [1.165, 1.54) is 42.1 Å². The molecule has 4 rings (SSSR count). The molecular weight excluding hydrogens is 557 g/mol. The zero-order valence-corrected chi connectivity index (χ0v) is 23.2. The highest BCUT2D eigenvalue weighted by molar-refractivity contribution is 7.92. The first kappa shape index (κ1) is 28.2. The Hall–Kier alpha value is -3.85. The van der Waals surface area contributed by atoms with Crippen LogP contribution in [0.2, 0.25) is 10.0 Å². The van der Waals surface area contributed by atoms with Gasteiger partial charge in [-0.25, -0.2) is 13.8 Å². The van der Waals surface area contributed by atoms with Crippen molar-refractivity contribution in [3.63, 3.8) is 0 Å². The van der Waals surface area contributed by atoms with Crippen LogP contribution >= 0.6 is 23.2 Å². The zero-order chi connectivity index (χ0) is 27.8. The number of hydrogen-bond donors (Lipinski definition) is 1. The number of sulfonamides is 1. The molecule has 200 valence electrons. The van der Waals surface area contributed by atoms with Crippen LogP contribution in [0.5, 0.6) is 5.75 Å². The highest BCUT2D eigenvalue weighted by Gasteiger charge is 2.28. The van der Waals surface area contributed by atoms with Gasteiger partial charge in [0.15, 0.2) is 0 Å². The van der Waals surface area contributed by atoms with Crippen molar-refractivity contribution in [1.82, 2.24) is 5.43 Å². The Morgan fingerprint density at radius 3 is 2.31 bits per heavy atom. The highest BCUT2D eigenvalue weighted by Crippen LogP contribution is 2.32. The van der Waals surface area contributed by atoms with Crippen LogP contribution in [0.1, 0.15) is 16.7 Å². The van der Waals surface area contributed by atoms with E-state index < -0.39 is 22.5 Å². The molecule has 0 saturated heterocycles. The Labute approximate surface area is 237 Å². The second kappa shape index (κ2) is 12.8. The molecule has 39 heavy (non-hydrogen) atoms. The third-order valence-corrected chi connectivity index (χ3v) is 7.92. The molecule has 0 aliphatic carbocycles. The Bertz CT molecular complexity index is 1560. The van der Waals surface area contributed by atoms with Gasteiger partial charge in [-0.3, -0.25) is 9.10 Å². The lowest BCUT2D eigenvalue weighted by molar-refractivity contribution is -0.119. The molecule has 1 amide bonds. The molecule has 1 N–H and O–H groups in total. The summed E-state index contributed by atoms with van der Waals surface area (Å²) < 4.78 is 33.5. The minimum absolute atomic E-state index is 0.0111. The highest BCUT2D eigenvalue weighted by atomic mass is 35.5. The number of nitrogens with one attached hydrogen (secondary N) is 1. The van der Waals surface area contributed by atoms with Gasteiger partial charge in [-0.15, -0.1) is 0 Å². The lowest BCUT2D eigenvalue weighted by Gasteiger charge is -2.24. The SMILES string of the molecule is Cc1ccc(COc2ccc(/C=N\NC(=O)CN(c3ccc(Cl)cc3Cl)S(=O)(=O)c3ccccc3)cc2)cc1. The third kappa shape index (κ3) is 7.60. The maximum absolute atomic E-state index is 13.4. The number of nitrogens with zero attached hydrogens (tertiary/aromatic N) is 2. The van der Waals surface area contributed by atoms with Gasteiger partial charge in [-0.2, -0.15) is 5.10 Å². The van der Waals surface area contributed by atoms with Crippen LogP contribution in [0.3, 0.4) is 0 Å². The number of benzene rings is 4. The first-order chi connectivity index (χ1) is 18.7. The normalized spacial score (nSPS) is 11.4. The van der Waals surface area contributed by atoms with E-state index in [1.807, 2.05) is 31.2 Å². The molecule has 0 bridgehead atoms. The maximum Gasteiger partial charge on any atom is 0.264 e. The van der Waals surface area contributed by atoms with Crippen LogP contribution in [0.4, 0.5) is 5.69 Å². The van der Waals surface area contributed by atoms with E-state index in [0.717, 1.165) is 9.87 Å². The fourth-order valence-corrected chi connectivity index (χ4v) is 5.57. The Kier molecular flexibility index (Phi) is 9.24. The van der Waals surface area contributed by atoms with Gasteiger partial charge in [0.1, 0.15) is 18.9 Å². The molecule has 0 fully saturated rings. The average molecular weight is 583 g/mol. The van der Waals surface area contributed by atoms with Crippen LogP contribution < -0.4 is 14.5 Å². The summed E-state index contributed by atoms with van der Waals surface area (Å²) in [4.78, 5) is 12.8. The van der Waals surface area contributed by atoms with Crippen molar-refractivity contribution >= 4 is 51.0 Å². The number of aryl methyl sites for hydroxylation is 1. The van der Waals surface area contributed by atoms with E-state index in [4.69, 9.17) is 27.9 Å². The molecule has 0 heterocycles. The largest absolute Gasteiger partial charge is 0.489 e. The van der Waals surface area contributed by atoms with Crippen molar-refractivity contribution in [3.8, 4) is 5.75 Å². The first-order valence-corrected chi connectivity index (χ1v) is 14.0. The van der Waals surface area contributed by atoms with Gasteiger partial charge in [0.2, 0.25) is 0 Å². The summed E-state index contributed by atoms with van der Waals surface area (Å²) in [5.41, 5.74) is 5.46. The van der Waals surface area contributed by atoms with Gasteiger partial charge < -0.3 is 4.74 Å². The molecule has 0 radical (unpaired) electrons. The lowest BCUT2D eigenvalue weighted by Crippen LogP contribution is -2.39. The van der Waals surface area contributed by atoms with E-state index in [2.05, 4.69) is 10.5 Å². The van der Waals surface area contributed by atoms with Gasteiger partial charge >= 0.3 is 0 Å². The molecule has 4 aromatic rings. The number of hydrazone groups is 1. The molecule has 0 atom stereocenters. The predicted octanol–water partition coefficient (Wildman–Crippen LogP) is 6.23. The van der Waals surface area contributed by atoms with E-state index in [9.17, 15) is 13.2 Å². The molecular formula is C29H25Cl2N3O4S. The quantitative estimate of drug-likeness (QED) is 0.178. The molecule has 0 aliphatic rings. The summed E-state index contributed by atoms with van der Waals surface area (Å²) in [6.07, 6.45) is 1.45. The molecule has 0 saturated carbocycles. The van der Waals surface area contributed by atoms with Crippen LogP contribution in [-0.2, 0) is 21.4 Å². The van der Waals surface area contributed by atoms with Gasteiger partial charge in [-0.1, -0.05) is 71.2 Å². The number of carbonyl (C=O) groups excluding carboxylic acids is 1. The molecule has 10 heteroatoms. The van der Waals surface area contributed by atoms with Crippen molar-refractivity contribution < 1.29 is 17.9 Å². The van der Waals surface area contributed by atoms with Crippen LogP contribution in [0.15, 0.2) is 107 Å². The zero-order valence-electron chi connectivity index (χ0n) is 20.9. The number of halogens is 2. The monoisotopic (exact) mass is 581 g/mol. The van der Waals surface area contributed by atoms with E-state index in [0.29, 0.717) is 22.9 Å². The number of hydrogen-bond acceptors (Lipinski definition) is 5. The van der Waals surface area contributed by atoms with Gasteiger partial charge in [0.05, 0.1) is 21.8 Å². The molecule has 0 aliphatic heterocycles. The van der Waals surface area contributed by atoms with E-state index >= 15 is 0 Å². The molecule has 0 unspecified atom stereocenters. The standard InChI is InChI=1S/C29H25Cl2N3O4S/c1-21-7-9-23(10-8-21)20-38-25-14-11-22(12-15-25)18-32-33-29(35)19-34(28-16-13-24(30)17-27(28)31)39(36,37)26-5-3-2-4-6-26/h2-18H,19-20H2,1H3,(H,33,35)/b32-18-. The van der Waals surface area contributed by atoms with Crippen molar-refractivity contribution in [2.75, 3.05) is 10.8 Å². The van der Waals surface area contributed by atoms with Crippen LogP contribution in [0, 0.1) is 6.92 Å². The second-order valence-electron chi connectivity index (χ2n) is 8.56. The van der Waals surface area contributed by atoms with Crippen molar-refractivity contribution in [2.24, 2.45) is 5.10 Å². The topological polar surface area (TPSA) is 88.1 Å². The summed E-state index contributed by atoms with van der Waals surface area (Å²) in [7, 11) is -4.12. The predicted molar refractivity (Wildman–Crippen MR) is 155 cm³/mol. The minimum Gasteiger partial charge on any atom is -0.489 e. The summed E-state index contributed by atoms with van der Waals surface area (Å²) in [5, 5.41) is 4.39. The van der Waals surface area contributed by atoms with Crippen molar-refractivity contribution in [2.45, 2.75) is 18.4 Å². The summed E-state index contributed by atoms with van der Waals surface area (Å²) in [6, 6.07) is 27.4. The Morgan fingerprint density at radius 1 is 0.949 bits per heavy atom. The second-order valence-corrected chi connectivity index (χ2v) is 11.3. The maximum atomic E-state index is 13.4. The first-order valence-electron chi connectivity index (χ1n) is 11.9. The van der Waals surface area contributed by atoms with Gasteiger partial charge in [-0.05, 0) is 72.6 Å². The van der Waals surface area contributed by atoms with E-state index in [-0.39, 0.29) is 15.6 Å². The number of carbonyl (C=O) groups is 1. The van der Waals surface area contributed by atoms with Gasteiger partial charge in [0.25, 0.3) is 15.9 Å². The number of ether oxygens (including phenoxy) is 1. The minimum atomic E-state index is -4.12. The average Bonchev–Trinajstić information content (AvgIpc) is 2.93. The third-order valence-electron chi connectivity index (χ3n) is 5.61. The Balaban J connectivity index is 1.41. The van der Waals surface area contributed by atoms with E-state index in [1.54, 1.807) is 42.5 Å². The fourth-order valence-electron chi connectivity index (χ4n) is 3.55. The molecule has 4 aromatic carbocycles. The van der Waals surface area contributed by atoms with Crippen molar-refractivity contribution in [3.05, 3.63) is 124 Å². The Morgan fingerprint density at radius 2 is 1.64 bits per heavy atom. The molecule has 7 nitrogen and oxygen atoms in total. The van der Waals surface area contributed by atoms with Crippen LogP contribution in [0.25, 0.3) is 0 Å². The smallest absolute Gasteiger partial charge is 0.264 e. The summed E-state index contributed by atoms with van der Waals surface area (Å²) in [6.45, 7) is 1.93. The fraction of sp³-hybridized carbons (Fsp3) is 0.103. The summed E-state index contributed by atoms with van der Waals surface area (Å²) in [5.74, 6) is 0.0354. The van der Waals surface area contributed by atoms with Crippen molar-refractivity contribution in [1.29, 1.82) is 0 Å². The molecule has 0 spiro atoms. The van der Waals surface area contributed by atoms with Gasteiger partial charge in [0, 0.05) is 5.02 Å². The number of anilines is 1. The summed E-state index contributed by atoms with van der Waals surface area (Å²) >= 11 is 12.3. The lowest BCUT2D eigenvalue weighted by atomic mass is 10.2. The van der Waals surface area contributed by atoms with Crippen LogP contribution in [-0.4, -0.2) is 27.1 Å². The molecule has 0 aromatic heterocycles.